The molecule has 25 heavy (non-hydrogen) atoms. The summed E-state index contributed by atoms with van der Waals surface area (Å²) in [5.41, 5.74) is 1.97. The molecule has 0 bridgehead atoms. The summed E-state index contributed by atoms with van der Waals surface area (Å²) < 4.78 is 11.2. The molecule has 2 aromatic carbocycles. The molecule has 1 amide bonds. The summed E-state index contributed by atoms with van der Waals surface area (Å²) in [6.45, 7) is 2.56. The minimum absolute atomic E-state index is 0.184. The van der Waals surface area contributed by atoms with Gasteiger partial charge in [0.05, 0.1) is 0 Å². The Morgan fingerprint density at radius 2 is 1.92 bits per heavy atom. The van der Waals surface area contributed by atoms with E-state index in [-0.39, 0.29) is 5.91 Å². The second-order valence-electron chi connectivity index (χ2n) is 5.27. The Balaban J connectivity index is 1.86. The molecule has 1 heterocycles. The van der Waals surface area contributed by atoms with E-state index in [4.69, 9.17) is 9.47 Å². The zero-order valence-electron chi connectivity index (χ0n) is 13.9. The van der Waals surface area contributed by atoms with Gasteiger partial charge in [0.2, 0.25) is 0 Å². The van der Waals surface area contributed by atoms with Gasteiger partial charge in [-0.3, -0.25) is 0 Å². The van der Waals surface area contributed by atoms with E-state index >= 15 is 0 Å². The maximum absolute atomic E-state index is 12.7. The van der Waals surface area contributed by atoms with Gasteiger partial charge < -0.3 is 0 Å². The summed E-state index contributed by atoms with van der Waals surface area (Å²) in [6, 6.07) is 14.8. The maximum atomic E-state index is 12.7. The van der Waals surface area contributed by atoms with Crippen molar-refractivity contribution >= 4 is 38.4 Å². The van der Waals surface area contributed by atoms with Gasteiger partial charge in [-0.1, -0.05) is 0 Å². The van der Waals surface area contributed by atoms with E-state index in [0.717, 1.165) is 11.3 Å². The Morgan fingerprint density at radius 3 is 2.60 bits per heavy atom. The van der Waals surface area contributed by atoms with Crippen molar-refractivity contribution in [2.45, 2.75) is 6.92 Å². The first-order valence-corrected chi connectivity index (χ1v) is 8.67. The van der Waals surface area contributed by atoms with Gasteiger partial charge in [0, 0.05) is 0 Å². The summed E-state index contributed by atoms with van der Waals surface area (Å²) in [5.74, 6) is 1.30. The molecule has 0 spiro atoms. The number of rotatable bonds is 5. The van der Waals surface area contributed by atoms with Crippen LogP contribution in [0.25, 0.3) is 6.08 Å². The summed E-state index contributed by atoms with van der Waals surface area (Å²) in [4.78, 5) is 18.6. The SMILES string of the molecule is CCOc1ccc(/C=C2\N=C([Se])N(c3cccc(OC)c3)C2=O)cc1. The molecule has 3 rings (SSSR count). The molecule has 5 nitrogen and oxygen atoms in total. The summed E-state index contributed by atoms with van der Waals surface area (Å²) in [5, 5.41) is 0. The Morgan fingerprint density at radius 1 is 1.16 bits per heavy atom. The number of hydrogen-bond acceptors (Lipinski definition) is 4. The predicted molar refractivity (Wildman–Crippen MR) is 99.3 cm³/mol. The van der Waals surface area contributed by atoms with Crippen molar-refractivity contribution in [2.24, 2.45) is 4.99 Å². The monoisotopic (exact) mass is 401 g/mol. The minimum atomic E-state index is -0.184. The standard InChI is InChI=1S/C19H17N2O3Se/c1-3-24-15-9-7-13(8-10-15)11-17-18(22)21(19(25)20-17)14-5-4-6-16(12-14)23-2/h4-12H,3H2,1-2H3/b17-11-. The number of amides is 1. The first kappa shape index (κ1) is 17.3. The second-order valence-corrected chi connectivity index (χ2v) is 6.03. The molecule has 1 aliphatic heterocycles. The zero-order valence-corrected chi connectivity index (χ0v) is 15.6. The third-order valence-corrected chi connectivity index (χ3v) is 4.21. The van der Waals surface area contributed by atoms with E-state index in [1.54, 1.807) is 19.3 Å². The average molecular weight is 400 g/mol. The molecule has 0 fully saturated rings. The first-order valence-electron chi connectivity index (χ1n) is 7.81. The van der Waals surface area contributed by atoms with Gasteiger partial charge in [0.15, 0.2) is 0 Å². The molecule has 0 N–H and O–H groups in total. The molecular formula is C19H17N2O3Se. The van der Waals surface area contributed by atoms with Crippen molar-refractivity contribution < 1.29 is 14.3 Å². The normalized spacial score (nSPS) is 15.4. The Labute approximate surface area is 154 Å². The van der Waals surface area contributed by atoms with E-state index in [0.29, 0.717) is 28.5 Å². The summed E-state index contributed by atoms with van der Waals surface area (Å²) >= 11 is 2.85. The Hall–Kier alpha value is -2.56. The molecule has 0 aromatic heterocycles. The summed E-state index contributed by atoms with van der Waals surface area (Å²) in [6.07, 6.45) is 1.76. The van der Waals surface area contributed by atoms with E-state index in [1.165, 1.54) is 4.90 Å². The molecule has 2 aromatic rings. The van der Waals surface area contributed by atoms with Gasteiger partial charge in [0.1, 0.15) is 0 Å². The van der Waals surface area contributed by atoms with E-state index in [2.05, 4.69) is 21.0 Å². The molecule has 0 saturated carbocycles. The van der Waals surface area contributed by atoms with Crippen molar-refractivity contribution in [1.29, 1.82) is 0 Å². The molecule has 0 aliphatic carbocycles. The van der Waals surface area contributed by atoms with Crippen LogP contribution in [0.2, 0.25) is 0 Å². The van der Waals surface area contributed by atoms with Crippen molar-refractivity contribution in [2.75, 3.05) is 18.6 Å². The summed E-state index contributed by atoms with van der Waals surface area (Å²) in [7, 11) is 1.59. The third-order valence-electron chi connectivity index (χ3n) is 3.64. The zero-order chi connectivity index (χ0) is 17.8. The topological polar surface area (TPSA) is 51.1 Å². The van der Waals surface area contributed by atoms with Gasteiger partial charge in [-0.15, -0.1) is 0 Å². The fourth-order valence-electron chi connectivity index (χ4n) is 2.46. The van der Waals surface area contributed by atoms with Crippen molar-refractivity contribution in [3.8, 4) is 11.5 Å². The first-order chi connectivity index (χ1) is 12.1. The Kier molecular flexibility index (Phi) is 5.22. The molecule has 127 valence electrons. The quantitative estimate of drug-likeness (QED) is 0.573. The van der Waals surface area contributed by atoms with Crippen LogP contribution in [0.15, 0.2) is 59.2 Å². The van der Waals surface area contributed by atoms with Gasteiger partial charge >= 0.3 is 155 Å². The van der Waals surface area contributed by atoms with Crippen LogP contribution in [-0.4, -0.2) is 40.4 Å². The van der Waals surface area contributed by atoms with E-state index < -0.39 is 0 Å². The van der Waals surface area contributed by atoms with Gasteiger partial charge in [-0.2, -0.15) is 0 Å². The molecule has 0 saturated heterocycles. The number of anilines is 1. The number of nitrogens with zero attached hydrogens (tertiary/aromatic N) is 2. The van der Waals surface area contributed by atoms with Gasteiger partial charge in [-0.05, 0) is 0 Å². The molecule has 6 heteroatoms. The van der Waals surface area contributed by atoms with Crippen LogP contribution in [0.4, 0.5) is 5.69 Å². The predicted octanol–water partition coefficient (Wildman–Crippen LogP) is 3.01. The van der Waals surface area contributed by atoms with Crippen molar-refractivity contribution in [1.82, 2.24) is 0 Å². The second kappa shape index (κ2) is 7.55. The average Bonchev–Trinajstić information content (AvgIpc) is 2.90. The fraction of sp³-hybridized carbons (Fsp3) is 0.158. The molecule has 0 atom stereocenters. The van der Waals surface area contributed by atoms with Crippen LogP contribution in [0.3, 0.4) is 0 Å². The van der Waals surface area contributed by atoms with Crippen molar-refractivity contribution in [3.05, 3.63) is 59.8 Å². The number of aliphatic imine (C=N–C) groups is 1. The van der Waals surface area contributed by atoms with Crippen LogP contribution in [-0.2, 0) is 4.79 Å². The van der Waals surface area contributed by atoms with Crippen LogP contribution in [0.1, 0.15) is 12.5 Å². The number of ether oxygens (including phenoxy) is 2. The molecular weight excluding hydrogens is 383 g/mol. The third kappa shape index (κ3) is 3.76. The molecule has 0 unspecified atom stereocenters. The number of carbonyl (C=O) groups is 1. The number of amidine groups is 1. The number of methoxy groups -OCH3 is 1. The van der Waals surface area contributed by atoms with E-state index in [9.17, 15) is 4.79 Å². The van der Waals surface area contributed by atoms with Gasteiger partial charge in [-0.25, -0.2) is 0 Å². The van der Waals surface area contributed by atoms with Gasteiger partial charge in [0.25, 0.3) is 0 Å². The molecule has 1 radical (unpaired) electrons. The Bertz CT molecular complexity index is 844. The molecule has 1 aliphatic rings. The van der Waals surface area contributed by atoms with Crippen LogP contribution in [0.5, 0.6) is 11.5 Å². The van der Waals surface area contributed by atoms with Crippen LogP contribution < -0.4 is 14.4 Å². The number of carbonyl (C=O) groups excluding carboxylic acids is 1. The number of hydrogen-bond donors (Lipinski definition) is 0. The number of benzene rings is 2. The van der Waals surface area contributed by atoms with Crippen LogP contribution in [0, 0.1) is 0 Å². The van der Waals surface area contributed by atoms with Crippen LogP contribution >= 0.6 is 0 Å². The van der Waals surface area contributed by atoms with Crippen molar-refractivity contribution in [3.63, 3.8) is 0 Å². The van der Waals surface area contributed by atoms with E-state index in [1.807, 2.05) is 49.4 Å². The fourth-order valence-corrected chi connectivity index (χ4v) is 3.06.